The van der Waals surface area contributed by atoms with E-state index in [-0.39, 0.29) is 17.0 Å². The van der Waals surface area contributed by atoms with Crippen LogP contribution in [-0.2, 0) is 0 Å². The number of aryl methyl sites for hydroxylation is 3. The fraction of sp³-hybridized carbons (Fsp3) is 0.381. The maximum atomic E-state index is 12.8. The number of carbonyl (C=O) groups is 1. The van der Waals surface area contributed by atoms with E-state index < -0.39 is 0 Å². The molecular weight excluding hydrogens is 340 g/mol. The number of amides is 1. The molecule has 3 aromatic rings. The monoisotopic (exact) mass is 364 g/mol. The van der Waals surface area contributed by atoms with Crippen molar-refractivity contribution in [2.24, 2.45) is 0 Å². The number of carbonyl (C=O) groups excluding carboxylic acids is 1. The highest BCUT2D eigenvalue weighted by Crippen LogP contribution is 2.29. The topological polar surface area (TPSA) is 81.8 Å². The van der Waals surface area contributed by atoms with Crippen LogP contribution in [0.15, 0.2) is 29.1 Å². The SMILES string of the molecule is Cc1cc(C(=O)N2CCC(c3nc4c(C)cccc4[nH]3)CC2)c(=O)[nH]c1C. The molecule has 6 heteroatoms. The van der Waals surface area contributed by atoms with E-state index in [0.717, 1.165) is 46.5 Å². The Morgan fingerprint density at radius 3 is 2.56 bits per heavy atom. The number of likely N-dealkylation sites (tertiary alicyclic amines) is 1. The van der Waals surface area contributed by atoms with Gasteiger partial charge in [-0.1, -0.05) is 12.1 Å². The van der Waals surface area contributed by atoms with Crippen LogP contribution in [0.4, 0.5) is 0 Å². The Labute approximate surface area is 157 Å². The first kappa shape index (κ1) is 17.5. The zero-order chi connectivity index (χ0) is 19.1. The first-order chi connectivity index (χ1) is 12.9. The van der Waals surface area contributed by atoms with E-state index in [9.17, 15) is 9.59 Å². The van der Waals surface area contributed by atoms with Crippen LogP contribution in [0.2, 0.25) is 0 Å². The Balaban J connectivity index is 1.50. The normalized spacial score (nSPS) is 15.4. The van der Waals surface area contributed by atoms with Crippen LogP contribution in [-0.4, -0.2) is 38.8 Å². The molecule has 27 heavy (non-hydrogen) atoms. The van der Waals surface area contributed by atoms with Crippen molar-refractivity contribution < 1.29 is 4.79 Å². The number of nitrogens with zero attached hydrogens (tertiary/aromatic N) is 2. The van der Waals surface area contributed by atoms with E-state index in [1.807, 2.05) is 26.0 Å². The number of pyridine rings is 1. The van der Waals surface area contributed by atoms with Gasteiger partial charge < -0.3 is 14.9 Å². The minimum Gasteiger partial charge on any atom is -0.342 e. The number of piperidine rings is 1. The van der Waals surface area contributed by atoms with Crippen LogP contribution >= 0.6 is 0 Å². The van der Waals surface area contributed by atoms with E-state index in [4.69, 9.17) is 4.98 Å². The van der Waals surface area contributed by atoms with Crippen LogP contribution < -0.4 is 5.56 Å². The number of rotatable bonds is 2. The van der Waals surface area contributed by atoms with Crippen molar-refractivity contribution in [2.75, 3.05) is 13.1 Å². The molecule has 1 fully saturated rings. The van der Waals surface area contributed by atoms with Gasteiger partial charge in [-0.15, -0.1) is 0 Å². The van der Waals surface area contributed by atoms with Gasteiger partial charge >= 0.3 is 0 Å². The number of para-hydroxylation sites is 1. The molecule has 1 aromatic carbocycles. The Hall–Kier alpha value is -2.89. The summed E-state index contributed by atoms with van der Waals surface area (Å²) in [6, 6.07) is 7.84. The lowest BCUT2D eigenvalue weighted by Crippen LogP contribution is -2.40. The lowest BCUT2D eigenvalue weighted by molar-refractivity contribution is 0.0709. The number of imidazole rings is 1. The average Bonchev–Trinajstić information content (AvgIpc) is 3.10. The van der Waals surface area contributed by atoms with Crippen molar-refractivity contribution >= 4 is 16.9 Å². The van der Waals surface area contributed by atoms with E-state index in [1.54, 1.807) is 11.0 Å². The van der Waals surface area contributed by atoms with E-state index in [1.165, 1.54) is 0 Å². The average molecular weight is 364 g/mol. The Morgan fingerprint density at radius 1 is 1.11 bits per heavy atom. The number of benzene rings is 1. The summed E-state index contributed by atoms with van der Waals surface area (Å²) in [5.41, 5.74) is 4.89. The summed E-state index contributed by atoms with van der Waals surface area (Å²) >= 11 is 0. The Bertz CT molecular complexity index is 1070. The summed E-state index contributed by atoms with van der Waals surface area (Å²) in [7, 11) is 0. The highest BCUT2D eigenvalue weighted by atomic mass is 16.2. The van der Waals surface area contributed by atoms with Crippen LogP contribution in [0, 0.1) is 20.8 Å². The fourth-order valence-corrected chi connectivity index (χ4v) is 3.80. The molecule has 1 saturated heterocycles. The molecule has 6 nitrogen and oxygen atoms in total. The zero-order valence-electron chi connectivity index (χ0n) is 15.9. The molecule has 0 atom stereocenters. The van der Waals surface area contributed by atoms with Crippen molar-refractivity contribution in [3.05, 3.63) is 62.8 Å². The van der Waals surface area contributed by atoms with Gasteiger partial charge in [0.25, 0.3) is 11.5 Å². The van der Waals surface area contributed by atoms with Crippen molar-refractivity contribution in [3.63, 3.8) is 0 Å². The number of hydrogen-bond acceptors (Lipinski definition) is 3. The molecule has 2 aromatic heterocycles. The predicted octanol–water partition coefficient (Wildman–Crippen LogP) is 3.20. The Morgan fingerprint density at radius 2 is 1.85 bits per heavy atom. The second-order valence-corrected chi connectivity index (χ2v) is 7.48. The summed E-state index contributed by atoms with van der Waals surface area (Å²) in [6.45, 7) is 7.07. The fourth-order valence-electron chi connectivity index (χ4n) is 3.80. The van der Waals surface area contributed by atoms with E-state index in [0.29, 0.717) is 19.0 Å². The lowest BCUT2D eigenvalue weighted by Gasteiger charge is -2.31. The summed E-state index contributed by atoms with van der Waals surface area (Å²) in [6.07, 6.45) is 1.68. The predicted molar refractivity (Wildman–Crippen MR) is 105 cm³/mol. The summed E-state index contributed by atoms with van der Waals surface area (Å²) in [4.78, 5) is 37.7. The second-order valence-electron chi connectivity index (χ2n) is 7.48. The highest BCUT2D eigenvalue weighted by molar-refractivity contribution is 5.94. The molecule has 3 heterocycles. The number of nitrogens with one attached hydrogen (secondary N) is 2. The molecule has 1 aliphatic rings. The van der Waals surface area contributed by atoms with Gasteiger partial charge in [-0.05, 0) is 56.9 Å². The maximum absolute atomic E-state index is 12.8. The van der Waals surface area contributed by atoms with Crippen LogP contribution in [0.1, 0.15) is 51.8 Å². The van der Waals surface area contributed by atoms with Gasteiger partial charge in [0.1, 0.15) is 11.4 Å². The number of aromatic nitrogens is 3. The molecular formula is C21H24N4O2. The summed E-state index contributed by atoms with van der Waals surface area (Å²) in [5.74, 6) is 1.12. The molecule has 4 rings (SSSR count). The Kier molecular flexibility index (Phi) is 4.34. The number of H-pyrrole nitrogens is 2. The number of hydrogen-bond donors (Lipinski definition) is 2. The molecule has 0 aliphatic carbocycles. The highest BCUT2D eigenvalue weighted by Gasteiger charge is 2.27. The van der Waals surface area contributed by atoms with E-state index in [2.05, 4.69) is 23.0 Å². The smallest absolute Gasteiger partial charge is 0.261 e. The number of aromatic amines is 2. The quantitative estimate of drug-likeness (QED) is 0.733. The third-order valence-corrected chi connectivity index (χ3v) is 5.63. The van der Waals surface area contributed by atoms with Crippen LogP contribution in [0.25, 0.3) is 11.0 Å². The van der Waals surface area contributed by atoms with Gasteiger partial charge in [-0.25, -0.2) is 4.98 Å². The molecule has 0 saturated carbocycles. The van der Waals surface area contributed by atoms with Crippen molar-refractivity contribution in [3.8, 4) is 0 Å². The van der Waals surface area contributed by atoms with Crippen molar-refractivity contribution in [1.82, 2.24) is 19.9 Å². The van der Waals surface area contributed by atoms with Gasteiger partial charge in [-0.2, -0.15) is 0 Å². The summed E-state index contributed by atoms with van der Waals surface area (Å²) in [5, 5.41) is 0. The van der Waals surface area contributed by atoms with Crippen molar-refractivity contribution in [1.29, 1.82) is 0 Å². The summed E-state index contributed by atoms with van der Waals surface area (Å²) < 4.78 is 0. The molecule has 0 bridgehead atoms. The van der Waals surface area contributed by atoms with Gasteiger partial charge in [0, 0.05) is 24.7 Å². The van der Waals surface area contributed by atoms with Gasteiger partial charge in [-0.3, -0.25) is 9.59 Å². The van der Waals surface area contributed by atoms with Gasteiger partial charge in [0.15, 0.2) is 0 Å². The first-order valence-electron chi connectivity index (χ1n) is 9.39. The molecule has 2 N–H and O–H groups in total. The minimum atomic E-state index is -0.307. The van der Waals surface area contributed by atoms with Gasteiger partial charge in [0.05, 0.1) is 11.0 Å². The molecule has 0 spiro atoms. The largest absolute Gasteiger partial charge is 0.342 e. The molecule has 140 valence electrons. The third-order valence-electron chi connectivity index (χ3n) is 5.63. The minimum absolute atomic E-state index is 0.182. The molecule has 0 unspecified atom stereocenters. The van der Waals surface area contributed by atoms with Crippen molar-refractivity contribution in [2.45, 2.75) is 39.5 Å². The van der Waals surface area contributed by atoms with Crippen LogP contribution in [0.3, 0.4) is 0 Å². The maximum Gasteiger partial charge on any atom is 0.261 e. The van der Waals surface area contributed by atoms with Crippen LogP contribution in [0.5, 0.6) is 0 Å². The molecule has 1 aliphatic heterocycles. The van der Waals surface area contributed by atoms with Gasteiger partial charge in [0.2, 0.25) is 0 Å². The standard InChI is InChI=1S/C21H24N4O2/c1-12-5-4-6-17-18(12)24-19(23-17)15-7-9-25(10-8-15)21(27)16-11-13(2)14(3)22-20(16)26/h4-6,11,15H,7-10H2,1-3H3,(H,22,26)(H,23,24). The van der Waals surface area contributed by atoms with E-state index >= 15 is 0 Å². The number of fused-ring (bicyclic) bond motifs is 1. The molecule has 0 radical (unpaired) electrons. The third kappa shape index (κ3) is 3.16. The molecule has 1 amide bonds. The first-order valence-corrected chi connectivity index (χ1v) is 9.39. The second kappa shape index (κ2) is 6.68. The lowest BCUT2D eigenvalue weighted by atomic mass is 9.95. The zero-order valence-corrected chi connectivity index (χ0v) is 15.9.